The Kier molecular flexibility index (Phi) is 3.91. The van der Waals surface area contributed by atoms with Crippen LogP contribution in [0.25, 0.3) is 0 Å². The highest BCUT2D eigenvalue weighted by molar-refractivity contribution is 8.01. The summed E-state index contributed by atoms with van der Waals surface area (Å²) in [6.45, 7) is 3.15. The Morgan fingerprint density at radius 2 is 2.16 bits per heavy atom. The zero-order chi connectivity index (χ0) is 14.0. The van der Waals surface area contributed by atoms with Gasteiger partial charge in [-0.3, -0.25) is 14.9 Å². The number of carbonyl (C=O) groups is 1. The summed E-state index contributed by atoms with van der Waals surface area (Å²) in [5.74, 6) is -0.324. The molecule has 2 aromatic rings. The van der Waals surface area contributed by atoms with Crippen molar-refractivity contribution in [3.8, 4) is 0 Å². The van der Waals surface area contributed by atoms with Crippen LogP contribution in [0.4, 0.5) is 5.69 Å². The Labute approximate surface area is 117 Å². The average molecular weight is 295 g/mol. The van der Waals surface area contributed by atoms with Gasteiger partial charge in [0.1, 0.15) is 5.01 Å². The Balaban J connectivity index is 2.35. The van der Waals surface area contributed by atoms with E-state index in [0.29, 0.717) is 9.24 Å². The van der Waals surface area contributed by atoms with E-state index in [9.17, 15) is 14.9 Å². The van der Waals surface area contributed by atoms with Crippen LogP contribution >= 0.6 is 23.1 Å². The number of benzene rings is 1. The molecule has 0 N–H and O–H groups in total. The Morgan fingerprint density at radius 3 is 2.68 bits per heavy atom. The minimum Gasteiger partial charge on any atom is -0.294 e. The third-order valence-electron chi connectivity index (χ3n) is 2.26. The van der Waals surface area contributed by atoms with E-state index in [1.807, 2.05) is 6.92 Å². The predicted molar refractivity (Wildman–Crippen MR) is 71.9 cm³/mol. The van der Waals surface area contributed by atoms with E-state index >= 15 is 0 Å². The molecule has 0 aliphatic heterocycles. The first-order valence-electron chi connectivity index (χ1n) is 5.24. The van der Waals surface area contributed by atoms with E-state index in [1.165, 1.54) is 42.2 Å². The van der Waals surface area contributed by atoms with Crippen LogP contribution in [0.3, 0.4) is 0 Å². The van der Waals surface area contributed by atoms with E-state index < -0.39 is 4.92 Å². The van der Waals surface area contributed by atoms with Crippen LogP contribution in [-0.4, -0.2) is 20.9 Å². The number of carbonyl (C=O) groups excluding carboxylic acids is 1. The molecule has 0 atom stereocenters. The van der Waals surface area contributed by atoms with Crippen molar-refractivity contribution in [2.75, 3.05) is 0 Å². The fourth-order valence-electron chi connectivity index (χ4n) is 1.44. The molecule has 0 saturated heterocycles. The lowest BCUT2D eigenvalue weighted by Crippen LogP contribution is -2.00. The second kappa shape index (κ2) is 5.45. The molecule has 0 saturated carbocycles. The van der Waals surface area contributed by atoms with Gasteiger partial charge >= 0.3 is 0 Å². The first-order chi connectivity index (χ1) is 8.97. The fraction of sp³-hybridized carbons (Fsp3) is 0.182. The second-order valence-corrected chi connectivity index (χ2v) is 6.18. The van der Waals surface area contributed by atoms with Gasteiger partial charge in [0.05, 0.1) is 10.5 Å². The summed E-state index contributed by atoms with van der Waals surface area (Å²) in [5, 5.41) is 19.6. The van der Waals surface area contributed by atoms with Gasteiger partial charge < -0.3 is 0 Å². The topological polar surface area (TPSA) is 86.0 Å². The van der Waals surface area contributed by atoms with Crippen LogP contribution in [0.2, 0.25) is 0 Å². The van der Waals surface area contributed by atoms with Gasteiger partial charge in [0.25, 0.3) is 5.69 Å². The number of aryl methyl sites for hydroxylation is 1. The molecule has 19 heavy (non-hydrogen) atoms. The van der Waals surface area contributed by atoms with Gasteiger partial charge in [-0.2, -0.15) is 0 Å². The third-order valence-corrected chi connectivity index (χ3v) is 4.14. The summed E-state index contributed by atoms with van der Waals surface area (Å²) < 4.78 is 0.711. The first kappa shape index (κ1) is 13.6. The van der Waals surface area contributed by atoms with Gasteiger partial charge in [0.2, 0.25) is 0 Å². The monoisotopic (exact) mass is 295 g/mol. The number of hydrogen-bond acceptors (Lipinski definition) is 7. The van der Waals surface area contributed by atoms with Crippen molar-refractivity contribution in [3.05, 3.63) is 38.9 Å². The number of rotatable bonds is 4. The highest BCUT2D eigenvalue weighted by Gasteiger charge is 2.18. The number of ketones is 1. The molecule has 0 spiro atoms. The molecule has 0 fully saturated rings. The van der Waals surface area contributed by atoms with Crippen molar-refractivity contribution in [3.63, 3.8) is 0 Å². The molecule has 2 rings (SSSR count). The molecule has 0 bridgehead atoms. The quantitative estimate of drug-likeness (QED) is 0.489. The van der Waals surface area contributed by atoms with Gasteiger partial charge in [-0.25, -0.2) is 0 Å². The number of hydrogen-bond donors (Lipinski definition) is 0. The zero-order valence-electron chi connectivity index (χ0n) is 10.1. The maximum atomic E-state index is 11.3. The van der Waals surface area contributed by atoms with Crippen molar-refractivity contribution >= 4 is 34.6 Å². The Morgan fingerprint density at radius 1 is 1.42 bits per heavy atom. The molecule has 8 heteroatoms. The van der Waals surface area contributed by atoms with Gasteiger partial charge in [-0.15, -0.1) is 10.2 Å². The fourth-order valence-corrected chi connectivity index (χ4v) is 3.27. The van der Waals surface area contributed by atoms with E-state index in [2.05, 4.69) is 10.2 Å². The molecule has 98 valence electrons. The number of aromatic nitrogens is 2. The molecule has 1 aromatic heterocycles. The molecule has 0 aliphatic carbocycles. The lowest BCUT2D eigenvalue weighted by molar-refractivity contribution is -0.385. The summed E-state index contributed by atoms with van der Waals surface area (Å²) in [6.07, 6.45) is 0. The average Bonchev–Trinajstić information content (AvgIpc) is 2.74. The third kappa shape index (κ3) is 3.15. The van der Waals surface area contributed by atoms with E-state index in [-0.39, 0.29) is 17.0 Å². The second-order valence-electron chi connectivity index (χ2n) is 3.68. The molecular formula is C11H9N3O3S2. The van der Waals surface area contributed by atoms with Crippen molar-refractivity contribution in [1.82, 2.24) is 10.2 Å². The molecule has 0 radical (unpaired) electrons. The lowest BCUT2D eigenvalue weighted by atomic mass is 10.1. The molecule has 0 aliphatic rings. The molecule has 6 nitrogen and oxygen atoms in total. The van der Waals surface area contributed by atoms with E-state index in [4.69, 9.17) is 0 Å². The summed E-state index contributed by atoms with van der Waals surface area (Å²) >= 11 is 2.70. The van der Waals surface area contributed by atoms with Gasteiger partial charge in [0, 0.05) is 11.0 Å². The largest absolute Gasteiger partial charge is 0.294 e. The Hall–Kier alpha value is -1.80. The van der Waals surface area contributed by atoms with Gasteiger partial charge in [-0.05, 0) is 26.0 Å². The lowest BCUT2D eigenvalue weighted by Gasteiger charge is -2.01. The Bertz CT molecular complexity index is 654. The molecular weight excluding hydrogens is 286 g/mol. The van der Waals surface area contributed by atoms with Crippen LogP contribution < -0.4 is 0 Å². The first-order valence-corrected chi connectivity index (χ1v) is 6.88. The summed E-state index contributed by atoms with van der Waals surface area (Å²) in [7, 11) is 0. The van der Waals surface area contributed by atoms with Crippen LogP contribution in [0.1, 0.15) is 22.3 Å². The molecule has 0 unspecified atom stereocenters. The van der Waals surface area contributed by atoms with Crippen molar-refractivity contribution < 1.29 is 9.72 Å². The predicted octanol–water partition coefficient (Wildman–Crippen LogP) is 3.11. The van der Waals surface area contributed by atoms with Crippen LogP contribution in [0.5, 0.6) is 0 Å². The van der Waals surface area contributed by atoms with Crippen LogP contribution in [-0.2, 0) is 0 Å². The van der Waals surface area contributed by atoms with E-state index in [0.717, 1.165) is 5.01 Å². The number of nitrogens with zero attached hydrogens (tertiary/aromatic N) is 3. The standard InChI is InChI=1S/C11H9N3O3S2/c1-6(15)9-4-3-8(5-10(9)14(16)17)19-11-13-12-7(2)18-11/h3-5H,1-2H3. The van der Waals surface area contributed by atoms with Crippen molar-refractivity contribution in [2.24, 2.45) is 0 Å². The van der Waals surface area contributed by atoms with Gasteiger partial charge in [0.15, 0.2) is 10.1 Å². The molecule has 0 amide bonds. The summed E-state index contributed by atoms with van der Waals surface area (Å²) in [6, 6.07) is 4.53. The number of nitro groups is 1. The smallest absolute Gasteiger partial charge is 0.281 e. The maximum absolute atomic E-state index is 11.3. The number of nitro benzene ring substituents is 1. The molecule has 1 aromatic carbocycles. The number of Topliss-reactive ketones (excluding diaryl/α,β-unsaturated/α-hetero) is 1. The SMILES string of the molecule is CC(=O)c1ccc(Sc2nnc(C)s2)cc1[N+](=O)[O-]. The molecule has 1 heterocycles. The summed E-state index contributed by atoms with van der Waals surface area (Å²) in [4.78, 5) is 22.4. The van der Waals surface area contributed by atoms with E-state index in [1.54, 1.807) is 6.07 Å². The highest BCUT2D eigenvalue weighted by Crippen LogP contribution is 2.33. The maximum Gasteiger partial charge on any atom is 0.281 e. The zero-order valence-corrected chi connectivity index (χ0v) is 11.7. The highest BCUT2D eigenvalue weighted by atomic mass is 32.2. The van der Waals surface area contributed by atoms with Gasteiger partial charge in [-0.1, -0.05) is 23.1 Å². The van der Waals surface area contributed by atoms with Crippen molar-refractivity contribution in [1.29, 1.82) is 0 Å². The van der Waals surface area contributed by atoms with Crippen LogP contribution in [0.15, 0.2) is 27.4 Å². The minimum absolute atomic E-state index is 0.114. The summed E-state index contributed by atoms with van der Waals surface area (Å²) in [5.41, 5.74) is -0.0680. The van der Waals surface area contributed by atoms with Crippen LogP contribution in [0, 0.1) is 17.0 Å². The normalized spacial score (nSPS) is 10.4. The van der Waals surface area contributed by atoms with Crippen molar-refractivity contribution in [2.45, 2.75) is 23.1 Å². The minimum atomic E-state index is -0.549.